The second kappa shape index (κ2) is 12.1. The Balaban J connectivity index is 1.43. The predicted molar refractivity (Wildman–Crippen MR) is 161 cm³/mol. The maximum Gasteiger partial charge on any atom is 0.407 e. The highest BCUT2D eigenvalue weighted by Gasteiger charge is 2.29. The van der Waals surface area contributed by atoms with Crippen molar-refractivity contribution in [2.45, 2.75) is 57.8 Å². The van der Waals surface area contributed by atoms with Crippen molar-refractivity contribution < 1.29 is 23.8 Å². The molecule has 220 valence electrons. The van der Waals surface area contributed by atoms with Crippen LogP contribution in [0.15, 0.2) is 48.5 Å². The van der Waals surface area contributed by atoms with E-state index in [1.165, 1.54) is 23.5 Å². The Morgan fingerprint density at radius 2 is 1.81 bits per heavy atom. The minimum atomic E-state index is -0.616. The molecule has 0 spiro atoms. The van der Waals surface area contributed by atoms with Gasteiger partial charge >= 0.3 is 6.09 Å². The van der Waals surface area contributed by atoms with Gasteiger partial charge in [0.05, 0.1) is 16.5 Å². The summed E-state index contributed by atoms with van der Waals surface area (Å²) in [6.45, 7) is 7.72. The molecular formula is C32H35FN4O4S. The van der Waals surface area contributed by atoms with Crippen molar-refractivity contribution in [3.05, 3.63) is 64.8 Å². The molecule has 0 aliphatic carbocycles. The van der Waals surface area contributed by atoms with E-state index < -0.39 is 17.5 Å². The van der Waals surface area contributed by atoms with E-state index in [1.807, 2.05) is 30.3 Å². The number of hydrogen-bond donors (Lipinski definition) is 2. The fraction of sp³-hybridized carbons (Fsp3) is 0.406. The fourth-order valence-corrected chi connectivity index (χ4v) is 6.56. The first-order chi connectivity index (χ1) is 20.0. The molecule has 5 rings (SSSR count). The molecule has 0 radical (unpaired) electrons. The summed E-state index contributed by atoms with van der Waals surface area (Å²) in [5.74, 6) is -0.768. The fourth-order valence-electron chi connectivity index (χ4n) is 5.41. The van der Waals surface area contributed by atoms with Gasteiger partial charge in [0.2, 0.25) is 0 Å². The standard InChI is InChI=1S/C32H35FN4O4S/c1-32(2,3)41-31(40)35-23-5-4-13-37(18-23)30(39)28-16-26(21-6-7-22(17-34)27(33)15-21)29(42-28)20-8-10-24(11-9-20)36-14-12-25(38)19-36/h6-11,15-16,23,25,38H,4-5,12-14,18-19H2,1-3H3,(H,35,40)/t23-,25?/m1/s1. The number of alkyl carbamates (subject to hydrolysis) is 1. The zero-order valence-electron chi connectivity index (χ0n) is 24.0. The lowest BCUT2D eigenvalue weighted by Crippen LogP contribution is -2.50. The molecule has 2 aliphatic heterocycles. The number of anilines is 1. The molecule has 8 nitrogen and oxygen atoms in total. The molecule has 2 saturated heterocycles. The Hall–Kier alpha value is -3.94. The highest BCUT2D eigenvalue weighted by molar-refractivity contribution is 7.18. The maximum absolute atomic E-state index is 14.7. The van der Waals surface area contributed by atoms with E-state index in [0.717, 1.165) is 41.9 Å². The number of carbonyl (C=O) groups excluding carboxylic acids is 2. The van der Waals surface area contributed by atoms with Crippen LogP contribution in [0.25, 0.3) is 21.6 Å². The van der Waals surface area contributed by atoms with Gasteiger partial charge in [-0.25, -0.2) is 9.18 Å². The number of β-amino-alcohol motifs (C(OH)–C–C–N with tert-alkyl or cyclic N) is 1. The van der Waals surface area contributed by atoms with Crippen molar-refractivity contribution in [1.29, 1.82) is 5.26 Å². The normalized spacial score (nSPS) is 19.0. The molecule has 2 aliphatic rings. The summed E-state index contributed by atoms with van der Waals surface area (Å²) in [6, 6.07) is 15.9. The molecule has 2 aromatic carbocycles. The number of rotatable bonds is 5. The second-order valence-electron chi connectivity index (χ2n) is 11.8. The Morgan fingerprint density at radius 3 is 2.45 bits per heavy atom. The van der Waals surface area contributed by atoms with Crippen LogP contribution in [0.5, 0.6) is 0 Å². The molecule has 3 heterocycles. The smallest absolute Gasteiger partial charge is 0.407 e. The average molecular weight is 591 g/mol. The van der Waals surface area contributed by atoms with Crippen LogP contribution in [-0.2, 0) is 4.74 Å². The summed E-state index contributed by atoms with van der Waals surface area (Å²) >= 11 is 1.34. The Kier molecular flexibility index (Phi) is 8.53. The molecule has 1 unspecified atom stereocenters. The third-order valence-corrected chi connectivity index (χ3v) is 8.60. The van der Waals surface area contributed by atoms with Crippen LogP contribution in [0.3, 0.4) is 0 Å². The van der Waals surface area contributed by atoms with E-state index in [2.05, 4.69) is 10.2 Å². The zero-order valence-corrected chi connectivity index (χ0v) is 24.8. The van der Waals surface area contributed by atoms with Gasteiger partial charge in [0.25, 0.3) is 5.91 Å². The van der Waals surface area contributed by atoms with Gasteiger partial charge in [0, 0.05) is 48.3 Å². The van der Waals surface area contributed by atoms with Gasteiger partial charge in [0.1, 0.15) is 17.5 Å². The number of ether oxygens (including phenoxy) is 1. The van der Waals surface area contributed by atoms with Gasteiger partial charge in [-0.1, -0.05) is 18.2 Å². The number of nitrogens with one attached hydrogen (secondary N) is 1. The summed E-state index contributed by atoms with van der Waals surface area (Å²) in [7, 11) is 0. The monoisotopic (exact) mass is 590 g/mol. The number of aliphatic hydroxyl groups is 1. The number of amides is 2. The summed E-state index contributed by atoms with van der Waals surface area (Å²) in [6.07, 6.45) is 1.39. The predicted octanol–water partition coefficient (Wildman–Crippen LogP) is 5.79. The number of aliphatic hydroxyl groups excluding tert-OH is 1. The van der Waals surface area contributed by atoms with Crippen LogP contribution in [0.4, 0.5) is 14.9 Å². The number of likely N-dealkylation sites (tertiary alicyclic amines) is 1. The van der Waals surface area contributed by atoms with Crippen molar-refractivity contribution >= 4 is 29.0 Å². The largest absolute Gasteiger partial charge is 0.444 e. The van der Waals surface area contributed by atoms with Crippen LogP contribution >= 0.6 is 11.3 Å². The zero-order chi connectivity index (χ0) is 30.0. The van der Waals surface area contributed by atoms with Crippen LogP contribution in [0.1, 0.15) is 55.3 Å². The third-order valence-electron chi connectivity index (χ3n) is 7.43. The number of hydrogen-bond acceptors (Lipinski definition) is 7. The summed E-state index contributed by atoms with van der Waals surface area (Å²) in [5, 5.41) is 22.0. The van der Waals surface area contributed by atoms with Crippen LogP contribution in [0.2, 0.25) is 0 Å². The molecule has 1 aromatic heterocycles. The van der Waals surface area contributed by atoms with Crippen molar-refractivity contribution in [3.8, 4) is 27.6 Å². The van der Waals surface area contributed by atoms with Gasteiger partial charge in [0.15, 0.2) is 0 Å². The van der Waals surface area contributed by atoms with Gasteiger partial charge in [-0.15, -0.1) is 11.3 Å². The number of nitrogens with zero attached hydrogens (tertiary/aromatic N) is 3. The lowest BCUT2D eigenvalue weighted by atomic mass is 10.0. The Labute approximate surface area is 249 Å². The topological polar surface area (TPSA) is 106 Å². The van der Waals surface area contributed by atoms with E-state index in [-0.39, 0.29) is 23.6 Å². The highest BCUT2D eigenvalue weighted by Crippen LogP contribution is 2.41. The van der Waals surface area contributed by atoms with Gasteiger partial charge in [-0.3, -0.25) is 4.79 Å². The van der Waals surface area contributed by atoms with Crippen LogP contribution < -0.4 is 10.2 Å². The number of carbonyl (C=O) groups is 2. The quantitative estimate of drug-likeness (QED) is 0.390. The van der Waals surface area contributed by atoms with E-state index in [0.29, 0.717) is 35.6 Å². The number of benzene rings is 2. The first kappa shape index (κ1) is 29.5. The Morgan fingerprint density at radius 1 is 1.07 bits per heavy atom. The summed E-state index contributed by atoms with van der Waals surface area (Å²) < 4.78 is 20.1. The SMILES string of the molecule is CC(C)(C)OC(=O)N[C@@H]1CCCN(C(=O)c2cc(-c3ccc(C#N)c(F)c3)c(-c3ccc(N4CCC(O)C4)cc3)s2)C1. The number of thiophene rings is 1. The molecule has 2 N–H and O–H groups in total. The second-order valence-corrected chi connectivity index (χ2v) is 12.9. The van der Waals surface area contributed by atoms with Crippen molar-refractivity contribution in [1.82, 2.24) is 10.2 Å². The first-order valence-corrected chi connectivity index (χ1v) is 15.0. The molecule has 2 fully saturated rings. The molecule has 10 heteroatoms. The molecular weight excluding hydrogens is 555 g/mol. The molecule has 2 atom stereocenters. The van der Waals surface area contributed by atoms with Gasteiger partial charge in [-0.2, -0.15) is 5.26 Å². The molecule has 0 bridgehead atoms. The molecule has 3 aromatic rings. The van der Waals surface area contributed by atoms with Gasteiger partial charge < -0.3 is 25.0 Å². The average Bonchev–Trinajstić information content (AvgIpc) is 3.59. The third kappa shape index (κ3) is 6.75. The first-order valence-electron chi connectivity index (χ1n) is 14.2. The van der Waals surface area contributed by atoms with E-state index in [1.54, 1.807) is 37.8 Å². The van der Waals surface area contributed by atoms with Gasteiger partial charge in [-0.05, 0) is 81.5 Å². The number of nitriles is 1. The molecule has 42 heavy (non-hydrogen) atoms. The summed E-state index contributed by atoms with van der Waals surface area (Å²) in [5.41, 5.74) is 2.51. The van der Waals surface area contributed by atoms with Crippen molar-refractivity contribution in [3.63, 3.8) is 0 Å². The summed E-state index contributed by atoms with van der Waals surface area (Å²) in [4.78, 5) is 31.3. The lowest BCUT2D eigenvalue weighted by molar-refractivity contribution is 0.0453. The van der Waals surface area contributed by atoms with Crippen molar-refractivity contribution in [2.24, 2.45) is 0 Å². The highest BCUT2D eigenvalue weighted by atomic mass is 32.1. The number of piperidine rings is 1. The lowest BCUT2D eigenvalue weighted by Gasteiger charge is -2.33. The van der Waals surface area contributed by atoms with E-state index in [4.69, 9.17) is 4.74 Å². The maximum atomic E-state index is 14.7. The Bertz CT molecular complexity index is 1510. The van der Waals surface area contributed by atoms with Crippen LogP contribution in [-0.4, -0.2) is 65.9 Å². The minimum absolute atomic E-state index is 0.0409. The number of halogens is 1. The molecule has 0 saturated carbocycles. The molecule has 2 amide bonds. The van der Waals surface area contributed by atoms with Crippen LogP contribution in [0, 0.1) is 17.1 Å². The van der Waals surface area contributed by atoms with E-state index in [9.17, 15) is 24.3 Å². The van der Waals surface area contributed by atoms with E-state index >= 15 is 0 Å². The minimum Gasteiger partial charge on any atom is -0.444 e. The van der Waals surface area contributed by atoms with Crippen molar-refractivity contribution in [2.75, 3.05) is 31.1 Å².